The zero-order chi connectivity index (χ0) is 20.5. The van der Waals surface area contributed by atoms with Crippen LogP contribution in [0, 0.1) is 13.8 Å². The summed E-state index contributed by atoms with van der Waals surface area (Å²) in [5, 5.41) is 5.58. The normalized spacial score (nSPS) is 11.6. The maximum absolute atomic E-state index is 12.7. The summed E-state index contributed by atoms with van der Waals surface area (Å²) >= 11 is 0. The average Bonchev–Trinajstić information content (AvgIpc) is 2.69. The van der Waals surface area contributed by atoms with Crippen molar-refractivity contribution in [3.05, 3.63) is 59.2 Å². The number of benzene rings is 2. The van der Waals surface area contributed by atoms with Crippen LogP contribution >= 0.6 is 0 Å². The first-order valence-corrected chi connectivity index (χ1v) is 9.37. The molecule has 2 rings (SSSR count). The fraction of sp³-hybridized carbons (Fsp3) is 0.364. The van der Waals surface area contributed by atoms with Crippen molar-refractivity contribution >= 4 is 17.5 Å². The van der Waals surface area contributed by atoms with Crippen molar-refractivity contribution in [1.29, 1.82) is 0 Å². The fourth-order valence-electron chi connectivity index (χ4n) is 2.64. The van der Waals surface area contributed by atoms with Crippen molar-refractivity contribution in [2.24, 2.45) is 0 Å². The summed E-state index contributed by atoms with van der Waals surface area (Å²) in [6.45, 7) is 6.72. The highest BCUT2D eigenvalue weighted by atomic mass is 16.5. The molecule has 1 atom stereocenters. The van der Waals surface area contributed by atoms with Crippen LogP contribution < -0.4 is 15.4 Å². The number of carbonyl (C=O) groups is 2. The first-order chi connectivity index (χ1) is 13.5. The number of hydrogen-bond donors (Lipinski definition) is 2. The summed E-state index contributed by atoms with van der Waals surface area (Å²) in [5.74, 6) is 0.0876. The number of hydrogen-bond acceptors (Lipinski definition) is 4. The van der Waals surface area contributed by atoms with Crippen LogP contribution in [0.5, 0.6) is 5.75 Å². The molecule has 0 aliphatic heterocycles. The third-order valence-corrected chi connectivity index (χ3v) is 4.44. The molecule has 0 saturated carbocycles. The average molecular weight is 384 g/mol. The van der Waals surface area contributed by atoms with Crippen molar-refractivity contribution in [3.8, 4) is 5.75 Å². The molecule has 0 spiro atoms. The lowest BCUT2D eigenvalue weighted by atomic mass is 10.1. The van der Waals surface area contributed by atoms with Gasteiger partial charge in [-0.05, 0) is 55.7 Å². The molecule has 6 nitrogen and oxygen atoms in total. The molecule has 28 heavy (non-hydrogen) atoms. The number of amides is 2. The summed E-state index contributed by atoms with van der Waals surface area (Å²) < 4.78 is 10.8. The van der Waals surface area contributed by atoms with E-state index in [2.05, 4.69) is 10.6 Å². The van der Waals surface area contributed by atoms with Gasteiger partial charge >= 0.3 is 0 Å². The third-order valence-electron chi connectivity index (χ3n) is 4.44. The maximum Gasteiger partial charge on any atom is 0.265 e. The topological polar surface area (TPSA) is 76.7 Å². The zero-order valence-corrected chi connectivity index (χ0v) is 16.9. The Kier molecular flexibility index (Phi) is 8.02. The Morgan fingerprint density at radius 1 is 1.07 bits per heavy atom. The van der Waals surface area contributed by atoms with Crippen molar-refractivity contribution < 1.29 is 19.1 Å². The second-order valence-electron chi connectivity index (χ2n) is 6.54. The first-order valence-electron chi connectivity index (χ1n) is 9.37. The van der Waals surface area contributed by atoms with Gasteiger partial charge in [0.1, 0.15) is 5.75 Å². The van der Waals surface area contributed by atoms with Crippen LogP contribution in [0.3, 0.4) is 0 Å². The molecule has 0 aliphatic carbocycles. The van der Waals surface area contributed by atoms with Gasteiger partial charge in [0.15, 0.2) is 6.10 Å². The Morgan fingerprint density at radius 2 is 1.82 bits per heavy atom. The minimum Gasteiger partial charge on any atom is -0.481 e. The van der Waals surface area contributed by atoms with Crippen molar-refractivity contribution in [1.82, 2.24) is 5.32 Å². The van der Waals surface area contributed by atoms with Gasteiger partial charge in [0.2, 0.25) is 0 Å². The standard InChI is InChI=1S/C22H28N2O4/c1-5-20(28-17-11-10-15(2)16(3)14-17)22(26)24-19-9-7-6-8-18(19)21(25)23-12-13-27-4/h6-11,14,20H,5,12-13H2,1-4H3,(H,23,25)(H,24,26)/t20-/m0/s1. The number of anilines is 1. The number of nitrogens with one attached hydrogen (secondary N) is 2. The van der Waals surface area contributed by atoms with Crippen LogP contribution in [0.1, 0.15) is 34.8 Å². The van der Waals surface area contributed by atoms with Crippen molar-refractivity contribution in [2.45, 2.75) is 33.3 Å². The van der Waals surface area contributed by atoms with Gasteiger partial charge in [-0.25, -0.2) is 0 Å². The lowest BCUT2D eigenvalue weighted by Gasteiger charge is -2.19. The number of rotatable bonds is 9. The molecule has 6 heteroatoms. The number of carbonyl (C=O) groups excluding carboxylic acids is 2. The molecular weight excluding hydrogens is 356 g/mol. The van der Waals surface area contributed by atoms with Crippen molar-refractivity contribution in [3.63, 3.8) is 0 Å². The zero-order valence-electron chi connectivity index (χ0n) is 16.9. The number of methoxy groups -OCH3 is 1. The fourth-order valence-corrected chi connectivity index (χ4v) is 2.64. The summed E-state index contributed by atoms with van der Waals surface area (Å²) in [6.07, 6.45) is -0.159. The van der Waals surface area contributed by atoms with Crippen LogP contribution in [0.25, 0.3) is 0 Å². The molecule has 0 bridgehead atoms. The Balaban J connectivity index is 2.09. The molecule has 150 valence electrons. The van der Waals surface area contributed by atoms with E-state index in [0.717, 1.165) is 5.56 Å². The van der Waals surface area contributed by atoms with E-state index in [4.69, 9.17) is 9.47 Å². The van der Waals surface area contributed by atoms with E-state index >= 15 is 0 Å². The monoisotopic (exact) mass is 384 g/mol. The Morgan fingerprint density at radius 3 is 2.50 bits per heavy atom. The van der Waals surface area contributed by atoms with Crippen LogP contribution in [0.2, 0.25) is 0 Å². The molecule has 0 unspecified atom stereocenters. The van der Waals surface area contributed by atoms with Gasteiger partial charge in [-0.2, -0.15) is 0 Å². The van der Waals surface area contributed by atoms with Gasteiger partial charge in [0.05, 0.1) is 17.9 Å². The highest BCUT2D eigenvalue weighted by Crippen LogP contribution is 2.20. The number of ether oxygens (including phenoxy) is 2. The molecule has 0 saturated heterocycles. The predicted octanol–water partition coefficient (Wildman–Crippen LogP) is 3.48. The van der Waals surface area contributed by atoms with E-state index in [0.29, 0.717) is 36.6 Å². The lowest BCUT2D eigenvalue weighted by Crippen LogP contribution is -2.34. The SMILES string of the molecule is CC[C@H](Oc1ccc(C)c(C)c1)C(=O)Nc1ccccc1C(=O)NCCOC. The van der Waals surface area contributed by atoms with E-state index < -0.39 is 6.10 Å². The number of para-hydroxylation sites is 1. The van der Waals surface area contributed by atoms with E-state index in [1.807, 2.05) is 39.0 Å². The minimum absolute atomic E-state index is 0.268. The quantitative estimate of drug-likeness (QED) is 0.649. The molecule has 2 aromatic carbocycles. The molecule has 0 aromatic heterocycles. The third kappa shape index (κ3) is 5.82. The Bertz CT molecular complexity index is 820. The van der Waals surface area contributed by atoms with Gasteiger partial charge in [-0.1, -0.05) is 25.1 Å². The molecule has 0 radical (unpaired) electrons. The summed E-state index contributed by atoms with van der Waals surface area (Å²) in [4.78, 5) is 25.1. The van der Waals surface area contributed by atoms with Crippen LogP contribution in [-0.2, 0) is 9.53 Å². The lowest BCUT2D eigenvalue weighted by molar-refractivity contribution is -0.122. The second-order valence-corrected chi connectivity index (χ2v) is 6.54. The van der Waals surface area contributed by atoms with Crippen LogP contribution in [0.15, 0.2) is 42.5 Å². The number of aryl methyl sites for hydroxylation is 2. The smallest absolute Gasteiger partial charge is 0.265 e. The largest absolute Gasteiger partial charge is 0.481 e. The first kappa shape index (κ1) is 21.4. The van der Waals surface area contributed by atoms with E-state index in [-0.39, 0.29) is 11.8 Å². The summed E-state index contributed by atoms with van der Waals surface area (Å²) in [5.41, 5.74) is 3.11. The van der Waals surface area contributed by atoms with Crippen LogP contribution in [0.4, 0.5) is 5.69 Å². The Hall–Kier alpha value is -2.86. The summed E-state index contributed by atoms with van der Waals surface area (Å²) in [7, 11) is 1.57. The molecule has 0 heterocycles. The van der Waals surface area contributed by atoms with Gasteiger partial charge in [-0.15, -0.1) is 0 Å². The van der Waals surface area contributed by atoms with Crippen molar-refractivity contribution in [2.75, 3.05) is 25.6 Å². The molecular formula is C22H28N2O4. The Labute approximate surface area is 166 Å². The maximum atomic E-state index is 12.7. The van der Waals surface area contributed by atoms with E-state index in [1.165, 1.54) is 5.56 Å². The summed E-state index contributed by atoms with van der Waals surface area (Å²) in [6, 6.07) is 12.6. The highest BCUT2D eigenvalue weighted by Gasteiger charge is 2.21. The van der Waals surface area contributed by atoms with Gasteiger partial charge in [-0.3, -0.25) is 9.59 Å². The molecule has 0 aliphatic rings. The van der Waals surface area contributed by atoms with Gasteiger partial charge < -0.3 is 20.1 Å². The minimum atomic E-state index is -0.660. The predicted molar refractivity (Wildman–Crippen MR) is 110 cm³/mol. The van der Waals surface area contributed by atoms with Crippen LogP contribution in [-0.4, -0.2) is 38.2 Å². The molecule has 2 aromatic rings. The molecule has 2 N–H and O–H groups in total. The molecule has 2 amide bonds. The molecule has 0 fully saturated rings. The van der Waals surface area contributed by atoms with Gasteiger partial charge in [0, 0.05) is 13.7 Å². The van der Waals surface area contributed by atoms with E-state index in [9.17, 15) is 9.59 Å². The second kappa shape index (κ2) is 10.5. The highest BCUT2D eigenvalue weighted by molar-refractivity contribution is 6.04. The van der Waals surface area contributed by atoms with Gasteiger partial charge in [0.25, 0.3) is 11.8 Å². The van der Waals surface area contributed by atoms with E-state index in [1.54, 1.807) is 31.4 Å².